The number of nitrogens with zero attached hydrogens (tertiary/aromatic N) is 4. The van der Waals surface area contributed by atoms with Gasteiger partial charge in [-0.05, 0) is 54.7 Å². The zero-order chi connectivity index (χ0) is 33.3. The lowest BCUT2D eigenvalue weighted by Crippen LogP contribution is -2.59. The van der Waals surface area contributed by atoms with Gasteiger partial charge in [0.2, 0.25) is 17.7 Å². The van der Waals surface area contributed by atoms with Gasteiger partial charge in [-0.15, -0.1) is 0 Å². The monoisotopic (exact) mass is 649 g/mol. The number of rotatable bonds is 6. The van der Waals surface area contributed by atoms with Crippen molar-refractivity contribution in [3.8, 4) is 17.2 Å². The number of hydrogen-bond donors (Lipinski definition) is 1. The second-order valence-corrected chi connectivity index (χ2v) is 11.9. The molecule has 4 bridgehead atoms. The Kier molecular flexibility index (Phi) is 11.4. The third kappa shape index (κ3) is 8.86. The van der Waals surface area contributed by atoms with E-state index in [-0.39, 0.29) is 62.6 Å². The molecule has 252 valence electrons. The SMILES string of the molecule is COCCCN1CC(=O)N[C@H]2CN(C(=O)C3=NN(C)C(=O)CC3)CC[C@H]2OCc2cccc(c2)Oc2ccc(cc2OC)CCC1=O. The van der Waals surface area contributed by atoms with Crippen molar-refractivity contribution >= 4 is 29.3 Å². The van der Waals surface area contributed by atoms with Gasteiger partial charge >= 0.3 is 0 Å². The van der Waals surface area contributed by atoms with Crippen LogP contribution in [0.4, 0.5) is 0 Å². The number of carbonyl (C=O) groups is 4. The van der Waals surface area contributed by atoms with Crippen LogP contribution in [0.1, 0.15) is 43.2 Å². The molecule has 4 aliphatic rings. The number of methoxy groups -OCH3 is 2. The number of hydrogen-bond acceptors (Lipinski definition) is 9. The van der Waals surface area contributed by atoms with Gasteiger partial charge in [0, 0.05) is 59.7 Å². The first kappa shape index (κ1) is 33.9. The summed E-state index contributed by atoms with van der Waals surface area (Å²) in [6.45, 7) is 1.50. The van der Waals surface area contributed by atoms with E-state index < -0.39 is 12.1 Å². The zero-order valence-electron chi connectivity index (χ0n) is 27.2. The van der Waals surface area contributed by atoms with E-state index in [0.717, 1.165) is 11.1 Å². The fourth-order valence-electron chi connectivity index (χ4n) is 5.97. The lowest BCUT2D eigenvalue weighted by atomic mass is 10.00. The maximum absolute atomic E-state index is 13.5. The van der Waals surface area contributed by atoms with Crippen LogP contribution in [0.25, 0.3) is 0 Å². The normalized spacial score (nSPS) is 21.1. The molecule has 0 radical (unpaired) electrons. The molecule has 1 N–H and O–H groups in total. The van der Waals surface area contributed by atoms with E-state index in [2.05, 4.69) is 10.4 Å². The summed E-state index contributed by atoms with van der Waals surface area (Å²) in [4.78, 5) is 55.6. The molecule has 13 heteroatoms. The van der Waals surface area contributed by atoms with Crippen LogP contribution < -0.4 is 14.8 Å². The molecule has 0 aliphatic carbocycles. The lowest BCUT2D eigenvalue weighted by Gasteiger charge is -2.39. The Balaban J connectivity index is 1.40. The predicted octanol–water partition coefficient (Wildman–Crippen LogP) is 2.51. The van der Waals surface area contributed by atoms with Gasteiger partial charge in [0.25, 0.3) is 5.91 Å². The average Bonchev–Trinajstić information content (AvgIpc) is 3.07. The Bertz CT molecular complexity index is 1500. The number of nitrogens with one attached hydrogen (secondary N) is 1. The minimum atomic E-state index is -0.541. The molecule has 47 heavy (non-hydrogen) atoms. The molecule has 1 fully saturated rings. The van der Waals surface area contributed by atoms with E-state index in [4.69, 9.17) is 18.9 Å². The van der Waals surface area contributed by atoms with Crippen molar-refractivity contribution < 1.29 is 38.1 Å². The van der Waals surface area contributed by atoms with Crippen LogP contribution in [-0.2, 0) is 41.7 Å². The first-order chi connectivity index (χ1) is 22.7. The summed E-state index contributed by atoms with van der Waals surface area (Å²) < 4.78 is 23.4. The molecule has 2 aromatic carbocycles. The molecule has 13 nitrogen and oxygen atoms in total. The smallest absolute Gasteiger partial charge is 0.270 e. The summed E-state index contributed by atoms with van der Waals surface area (Å²) in [6, 6.07) is 12.6. The Labute approximate surface area is 274 Å². The highest BCUT2D eigenvalue weighted by Crippen LogP contribution is 2.33. The van der Waals surface area contributed by atoms with Crippen molar-refractivity contribution in [2.45, 2.75) is 57.3 Å². The van der Waals surface area contributed by atoms with Crippen LogP contribution in [0.3, 0.4) is 0 Å². The third-order valence-electron chi connectivity index (χ3n) is 8.55. The molecular weight excluding hydrogens is 606 g/mol. The molecule has 0 aromatic heterocycles. The topological polar surface area (TPSA) is 139 Å². The molecule has 4 amide bonds. The van der Waals surface area contributed by atoms with Gasteiger partial charge in [-0.3, -0.25) is 19.2 Å². The van der Waals surface area contributed by atoms with Crippen molar-refractivity contribution in [1.29, 1.82) is 0 Å². The fraction of sp³-hybridized carbons (Fsp3) is 0.500. The van der Waals surface area contributed by atoms with Crippen LogP contribution >= 0.6 is 0 Å². The average molecular weight is 650 g/mol. The van der Waals surface area contributed by atoms with E-state index in [1.54, 1.807) is 24.0 Å². The molecule has 2 aromatic rings. The lowest BCUT2D eigenvalue weighted by molar-refractivity contribution is -0.138. The van der Waals surface area contributed by atoms with E-state index in [0.29, 0.717) is 61.9 Å². The van der Waals surface area contributed by atoms with E-state index in [1.807, 2.05) is 42.5 Å². The van der Waals surface area contributed by atoms with Gasteiger partial charge < -0.3 is 34.1 Å². The molecule has 6 rings (SSSR count). The number of amides is 4. The number of piperidine rings is 1. The van der Waals surface area contributed by atoms with Gasteiger partial charge in [0.1, 0.15) is 11.5 Å². The summed E-state index contributed by atoms with van der Waals surface area (Å²) in [5.74, 6) is 0.790. The molecule has 1 saturated heterocycles. The molecule has 0 spiro atoms. The van der Waals surface area contributed by atoms with Crippen molar-refractivity contribution in [3.63, 3.8) is 0 Å². The number of likely N-dealkylation sites (tertiary alicyclic amines) is 1. The molecular formula is C34H43N5O8. The van der Waals surface area contributed by atoms with Gasteiger partial charge in [-0.25, -0.2) is 5.01 Å². The number of aryl methyl sites for hydroxylation is 1. The Hall–Kier alpha value is -4.49. The van der Waals surface area contributed by atoms with Crippen LogP contribution in [0, 0.1) is 0 Å². The Morgan fingerprint density at radius 2 is 1.85 bits per heavy atom. The maximum Gasteiger partial charge on any atom is 0.270 e. The Morgan fingerprint density at radius 1 is 1.02 bits per heavy atom. The van der Waals surface area contributed by atoms with Gasteiger partial charge in [0.15, 0.2) is 11.5 Å². The first-order valence-corrected chi connectivity index (χ1v) is 16.0. The summed E-state index contributed by atoms with van der Waals surface area (Å²) in [5, 5.41) is 8.46. The molecule has 2 atom stereocenters. The van der Waals surface area contributed by atoms with E-state index in [9.17, 15) is 19.2 Å². The van der Waals surface area contributed by atoms with Crippen LogP contribution in [0.5, 0.6) is 17.2 Å². The largest absolute Gasteiger partial charge is 0.493 e. The first-order valence-electron chi connectivity index (χ1n) is 16.0. The Morgan fingerprint density at radius 3 is 2.64 bits per heavy atom. The van der Waals surface area contributed by atoms with Crippen LogP contribution in [0.2, 0.25) is 0 Å². The maximum atomic E-state index is 13.5. The molecule has 0 unspecified atom stereocenters. The summed E-state index contributed by atoms with van der Waals surface area (Å²) >= 11 is 0. The summed E-state index contributed by atoms with van der Waals surface area (Å²) in [6.07, 6.45) is 1.77. The fourth-order valence-corrected chi connectivity index (χ4v) is 5.97. The van der Waals surface area contributed by atoms with Gasteiger partial charge in [0.05, 0.1) is 32.4 Å². The van der Waals surface area contributed by atoms with Crippen molar-refractivity contribution in [1.82, 2.24) is 20.1 Å². The third-order valence-corrected chi connectivity index (χ3v) is 8.55. The van der Waals surface area contributed by atoms with E-state index >= 15 is 0 Å². The standard InChI is InChI=1S/C34H43N5O8/c1-37-32(41)13-10-26(36-37)34(43)39-16-14-28-27(20-39)35-31(40)21-38(15-5-17-44-2)33(42)12-9-23-8-11-29(30(19-23)45-3)47-25-7-4-6-24(18-25)22-46-28/h4,6-8,11,18-19,27-28H,5,9-10,12-17,20-22H2,1-3H3,(H,35,40)/t27-,28+/m0/s1. The van der Waals surface area contributed by atoms with Gasteiger partial charge in [-0.2, -0.15) is 5.10 Å². The quantitative estimate of drug-likeness (QED) is 0.471. The van der Waals surface area contributed by atoms with Crippen molar-refractivity contribution in [3.05, 3.63) is 53.6 Å². The highest BCUT2D eigenvalue weighted by Gasteiger charge is 2.36. The molecule has 4 heterocycles. The van der Waals surface area contributed by atoms with Crippen molar-refractivity contribution in [2.24, 2.45) is 5.10 Å². The second kappa shape index (κ2) is 15.9. The predicted molar refractivity (Wildman–Crippen MR) is 172 cm³/mol. The summed E-state index contributed by atoms with van der Waals surface area (Å²) in [5.41, 5.74) is 2.08. The highest BCUT2D eigenvalue weighted by molar-refractivity contribution is 6.39. The summed E-state index contributed by atoms with van der Waals surface area (Å²) in [7, 11) is 4.70. The number of fused-ring (bicyclic) bond motifs is 9. The highest BCUT2D eigenvalue weighted by atomic mass is 16.5. The van der Waals surface area contributed by atoms with Crippen LogP contribution in [0.15, 0.2) is 47.6 Å². The van der Waals surface area contributed by atoms with Crippen molar-refractivity contribution in [2.75, 3.05) is 54.1 Å². The number of hydrazone groups is 1. The number of ether oxygens (including phenoxy) is 4. The molecule has 4 aliphatic heterocycles. The second-order valence-electron chi connectivity index (χ2n) is 11.9. The van der Waals surface area contributed by atoms with E-state index in [1.165, 1.54) is 12.1 Å². The van der Waals surface area contributed by atoms with Gasteiger partial charge in [-0.1, -0.05) is 18.2 Å². The zero-order valence-corrected chi connectivity index (χ0v) is 27.2. The minimum absolute atomic E-state index is 0.141. The van der Waals surface area contributed by atoms with Crippen LogP contribution in [-0.4, -0.2) is 110 Å². The number of benzene rings is 2. The number of carbonyl (C=O) groups excluding carboxylic acids is 4. The minimum Gasteiger partial charge on any atom is -0.493 e. The molecule has 0 saturated carbocycles.